The molecule has 13 heavy (non-hydrogen) atoms. The van der Waals surface area contributed by atoms with E-state index in [0.29, 0.717) is 10.8 Å². The van der Waals surface area contributed by atoms with E-state index in [9.17, 15) is 8.42 Å². The van der Waals surface area contributed by atoms with Gasteiger partial charge in [0.15, 0.2) is 0 Å². The number of aliphatic hydroxyl groups excluding tert-OH is 2. The van der Waals surface area contributed by atoms with Gasteiger partial charge in [-0.1, -0.05) is 13.2 Å². The Balaban J connectivity index is 3.95. The maximum atomic E-state index is 10.9. The Labute approximate surface area is 80.2 Å². The van der Waals surface area contributed by atoms with Crippen molar-refractivity contribution < 1.29 is 22.8 Å². The average molecular weight is 226 g/mol. The van der Waals surface area contributed by atoms with Gasteiger partial charge in [0.25, 0.3) is 0 Å². The van der Waals surface area contributed by atoms with E-state index >= 15 is 0 Å². The highest BCUT2D eigenvalue weighted by Gasteiger charge is 2.12. The predicted octanol–water partition coefficient (Wildman–Crippen LogP) is 1.12. The van der Waals surface area contributed by atoms with Crippen LogP contribution in [0.4, 0.5) is 0 Å². The summed E-state index contributed by atoms with van der Waals surface area (Å²) in [5, 5.41) is 17.1. The second-order valence-corrected chi connectivity index (χ2v) is 5.57. The normalized spacial score (nSPS) is 11.1. The molecule has 0 aliphatic rings. The summed E-state index contributed by atoms with van der Waals surface area (Å²) >= 11 is 0. The molecule has 0 aliphatic carbocycles. The minimum Gasteiger partial charge on any atom is -0.512 e. The zero-order chi connectivity index (χ0) is 10.5. The molecule has 0 saturated carbocycles. The number of hydrogen-bond acceptors (Lipinski definition) is 6. The largest absolute Gasteiger partial charge is 0.512 e. The molecule has 0 saturated heterocycles. The summed E-state index contributed by atoms with van der Waals surface area (Å²) in [6, 6.07) is 0. The van der Waals surface area contributed by atoms with E-state index in [0.717, 1.165) is 0 Å². The molecule has 0 aromatic carbocycles. The van der Waals surface area contributed by atoms with Crippen LogP contribution < -0.4 is 0 Å². The smallest absolute Gasteiger partial charge is 0.323 e. The maximum absolute atomic E-state index is 10.9. The molecular weight excluding hydrogens is 216 g/mol. The summed E-state index contributed by atoms with van der Waals surface area (Å²) in [4.78, 5) is 0. The highest BCUT2D eigenvalue weighted by molar-refractivity contribution is 8.70. The Morgan fingerprint density at radius 3 is 2.23 bits per heavy atom. The van der Waals surface area contributed by atoms with E-state index < -0.39 is 15.8 Å². The highest BCUT2D eigenvalue weighted by atomic mass is 33.1. The van der Waals surface area contributed by atoms with Crippen LogP contribution in [0.15, 0.2) is 24.7 Å². The van der Waals surface area contributed by atoms with Gasteiger partial charge in [-0.25, -0.2) is 0 Å². The molecular formula is C6H10O5S2. The van der Waals surface area contributed by atoms with E-state index in [4.69, 9.17) is 10.2 Å². The van der Waals surface area contributed by atoms with Gasteiger partial charge in [0.1, 0.15) is 12.4 Å². The first-order valence-corrected chi connectivity index (χ1v) is 6.02. The van der Waals surface area contributed by atoms with Crippen LogP contribution in [0.3, 0.4) is 0 Å². The quantitative estimate of drug-likeness (QED) is 0.521. The van der Waals surface area contributed by atoms with E-state index in [-0.39, 0.29) is 17.3 Å². The van der Waals surface area contributed by atoms with Crippen molar-refractivity contribution in [3.63, 3.8) is 0 Å². The Morgan fingerprint density at radius 1 is 1.31 bits per heavy atom. The first-order valence-electron chi connectivity index (χ1n) is 3.11. The summed E-state index contributed by atoms with van der Waals surface area (Å²) in [6.45, 7) is 5.67. The van der Waals surface area contributed by atoms with E-state index in [1.165, 1.54) is 0 Å². The molecule has 0 spiro atoms. The van der Waals surface area contributed by atoms with Crippen LogP contribution >= 0.6 is 10.8 Å². The fourth-order valence-electron chi connectivity index (χ4n) is 0.314. The van der Waals surface area contributed by atoms with Gasteiger partial charge >= 0.3 is 9.15 Å². The summed E-state index contributed by atoms with van der Waals surface area (Å²) in [6.07, 6.45) is 0. The fourth-order valence-corrected chi connectivity index (χ4v) is 2.13. The van der Waals surface area contributed by atoms with Crippen molar-refractivity contribution in [1.82, 2.24) is 0 Å². The molecule has 0 bridgehead atoms. The van der Waals surface area contributed by atoms with Crippen LogP contribution in [0.25, 0.3) is 0 Å². The number of hydrogen-bond donors (Lipinski definition) is 2. The minimum absolute atomic E-state index is 0.166. The van der Waals surface area contributed by atoms with Crippen LogP contribution in [0.1, 0.15) is 0 Å². The van der Waals surface area contributed by atoms with E-state index in [2.05, 4.69) is 17.3 Å². The third-order valence-electron chi connectivity index (χ3n) is 0.740. The lowest BCUT2D eigenvalue weighted by atomic mass is 10.6. The average Bonchev–Trinajstić information content (AvgIpc) is 1.98. The molecule has 0 radical (unpaired) electrons. The molecule has 0 aliphatic heterocycles. The lowest BCUT2D eigenvalue weighted by Gasteiger charge is -2.02. The van der Waals surface area contributed by atoms with Crippen molar-refractivity contribution in [1.29, 1.82) is 0 Å². The molecule has 0 rings (SSSR count). The summed E-state index contributed by atoms with van der Waals surface area (Å²) in [5.74, 6) is -0.813. The molecule has 0 unspecified atom stereocenters. The van der Waals surface area contributed by atoms with E-state index in [1.807, 2.05) is 0 Å². The second kappa shape index (κ2) is 5.15. The molecule has 2 N–H and O–H groups in total. The van der Waals surface area contributed by atoms with Crippen LogP contribution in [-0.2, 0) is 13.3 Å². The lowest BCUT2D eigenvalue weighted by Crippen LogP contribution is -2.05. The van der Waals surface area contributed by atoms with Gasteiger partial charge in [-0.05, 0) is 0 Å². The molecule has 0 fully saturated rings. The molecule has 0 amide bonds. The van der Waals surface area contributed by atoms with Crippen molar-refractivity contribution in [3.8, 4) is 0 Å². The van der Waals surface area contributed by atoms with Gasteiger partial charge in [-0.15, -0.1) is 0 Å². The summed E-state index contributed by atoms with van der Waals surface area (Å²) in [7, 11) is -3.42. The first-order chi connectivity index (χ1) is 5.83. The lowest BCUT2D eigenvalue weighted by molar-refractivity contribution is 0.281. The zero-order valence-corrected chi connectivity index (χ0v) is 8.40. The molecule has 7 heteroatoms. The topological polar surface area (TPSA) is 83.8 Å². The Morgan fingerprint density at radius 2 is 1.85 bits per heavy atom. The monoisotopic (exact) mass is 226 g/mol. The predicted molar refractivity (Wildman–Crippen MR) is 50.9 cm³/mol. The van der Waals surface area contributed by atoms with Crippen molar-refractivity contribution in [2.24, 2.45) is 0 Å². The van der Waals surface area contributed by atoms with Crippen molar-refractivity contribution in [2.45, 2.75) is 0 Å². The van der Waals surface area contributed by atoms with Gasteiger partial charge in [0.2, 0.25) is 0 Å². The molecule has 5 nitrogen and oxygen atoms in total. The molecule has 76 valence electrons. The fraction of sp³-hybridized carbons (Fsp3) is 0.333. The van der Waals surface area contributed by atoms with E-state index in [1.54, 1.807) is 0 Å². The molecule has 0 aromatic heterocycles. The van der Waals surface area contributed by atoms with Crippen LogP contribution in [0.2, 0.25) is 0 Å². The van der Waals surface area contributed by atoms with Crippen LogP contribution in [0.5, 0.6) is 0 Å². The Bertz CT molecular complexity index is 268. The number of rotatable bonds is 6. The Hall–Kier alpha value is -0.660. The SMILES string of the molecule is C=C(O)COS(=O)(=O)SCC(=C)O. The molecule has 0 aromatic rings. The highest BCUT2D eigenvalue weighted by Crippen LogP contribution is 2.16. The minimum atomic E-state index is -3.80. The molecule has 0 atom stereocenters. The summed E-state index contributed by atoms with van der Waals surface area (Å²) in [5.41, 5.74) is 0. The van der Waals surface area contributed by atoms with Crippen LogP contribution in [0, 0.1) is 0 Å². The zero-order valence-electron chi connectivity index (χ0n) is 6.76. The van der Waals surface area contributed by atoms with Crippen molar-refractivity contribution >= 4 is 19.9 Å². The van der Waals surface area contributed by atoms with Crippen molar-refractivity contribution in [2.75, 3.05) is 12.4 Å². The van der Waals surface area contributed by atoms with Gasteiger partial charge in [-0.2, -0.15) is 8.42 Å². The standard InChI is InChI=1S/C6H10O5S2/c1-5(7)3-11-13(9,10)12-4-6(2)8/h7-8H,1-4H2. The Kier molecular flexibility index (Phi) is 4.89. The third kappa shape index (κ3) is 7.69. The van der Waals surface area contributed by atoms with Gasteiger partial charge < -0.3 is 10.2 Å². The maximum Gasteiger partial charge on any atom is 0.323 e. The third-order valence-corrected chi connectivity index (χ3v) is 3.39. The molecule has 0 heterocycles. The number of aliphatic hydroxyl groups is 2. The van der Waals surface area contributed by atoms with Gasteiger partial charge in [-0.3, -0.25) is 4.18 Å². The van der Waals surface area contributed by atoms with Gasteiger partial charge in [0, 0.05) is 10.8 Å². The van der Waals surface area contributed by atoms with Crippen molar-refractivity contribution in [3.05, 3.63) is 24.7 Å². The van der Waals surface area contributed by atoms with Gasteiger partial charge in [0.05, 0.1) is 11.5 Å². The summed E-state index contributed by atoms with van der Waals surface area (Å²) < 4.78 is 26.0. The van der Waals surface area contributed by atoms with Crippen LogP contribution in [-0.4, -0.2) is 31.0 Å². The first kappa shape index (κ1) is 12.3. The second-order valence-electron chi connectivity index (χ2n) is 2.07.